The molecule has 170 valence electrons. The second kappa shape index (κ2) is 9.04. The van der Waals surface area contributed by atoms with Crippen LogP contribution in [0.1, 0.15) is 37.9 Å². The maximum Gasteiger partial charge on any atom is 0.338 e. The average molecular weight is 458 g/mol. The van der Waals surface area contributed by atoms with E-state index in [1.807, 2.05) is 6.92 Å². The second-order valence-electron chi connectivity index (χ2n) is 7.94. The molecule has 1 atom stereocenters. The highest BCUT2D eigenvalue weighted by Crippen LogP contribution is 2.32. The highest BCUT2D eigenvalue weighted by atomic mass is 32.2. The van der Waals surface area contributed by atoms with Crippen LogP contribution in [0.15, 0.2) is 64.7 Å². The number of ether oxygens (including phenoxy) is 1. The van der Waals surface area contributed by atoms with Gasteiger partial charge in [-0.15, -0.1) is 0 Å². The van der Waals surface area contributed by atoms with Crippen LogP contribution in [0.4, 0.5) is 10.5 Å². The standard InChI is InChI=1S/C23H27N3O5S/c1-14(2)31-22(27)20-16(4)26(5)23(28)24-21(20)17-7-6-8-18(13-17)25-32(29,30)19-11-9-15(3)10-12-19/h6-14,21,25H,1-5H3,(H,24,28). The molecule has 0 bridgehead atoms. The fraction of sp³-hybridized carbons (Fsp3) is 0.304. The van der Waals surface area contributed by atoms with Crippen molar-refractivity contribution in [3.05, 3.63) is 70.9 Å². The molecule has 3 rings (SSSR count). The lowest BCUT2D eigenvalue weighted by Crippen LogP contribution is -2.46. The molecule has 0 aliphatic carbocycles. The number of carbonyl (C=O) groups excluding carboxylic acids is 2. The fourth-order valence-corrected chi connectivity index (χ4v) is 4.39. The van der Waals surface area contributed by atoms with Crippen LogP contribution in [0.5, 0.6) is 0 Å². The molecule has 2 aromatic rings. The number of urea groups is 1. The van der Waals surface area contributed by atoms with Crippen molar-refractivity contribution in [3.8, 4) is 0 Å². The molecule has 2 aromatic carbocycles. The Morgan fingerprint density at radius 2 is 1.78 bits per heavy atom. The van der Waals surface area contributed by atoms with Gasteiger partial charge in [0.25, 0.3) is 10.0 Å². The van der Waals surface area contributed by atoms with Gasteiger partial charge >= 0.3 is 12.0 Å². The third-order valence-electron chi connectivity index (χ3n) is 5.12. The molecular weight excluding hydrogens is 430 g/mol. The molecule has 9 heteroatoms. The maximum atomic E-state index is 12.8. The average Bonchev–Trinajstić information content (AvgIpc) is 2.71. The quantitative estimate of drug-likeness (QED) is 0.644. The van der Waals surface area contributed by atoms with Gasteiger partial charge in [0.15, 0.2) is 0 Å². The molecule has 2 amide bonds. The third-order valence-corrected chi connectivity index (χ3v) is 6.52. The van der Waals surface area contributed by atoms with Crippen molar-refractivity contribution in [3.63, 3.8) is 0 Å². The number of nitrogens with one attached hydrogen (secondary N) is 2. The highest BCUT2D eigenvalue weighted by molar-refractivity contribution is 7.92. The van der Waals surface area contributed by atoms with Gasteiger partial charge in [0, 0.05) is 18.4 Å². The van der Waals surface area contributed by atoms with E-state index in [0.29, 0.717) is 22.5 Å². The summed E-state index contributed by atoms with van der Waals surface area (Å²) in [5.74, 6) is -0.542. The van der Waals surface area contributed by atoms with Crippen LogP contribution < -0.4 is 10.0 Å². The molecule has 0 fully saturated rings. The SMILES string of the molecule is CC1=C(C(=O)OC(C)C)C(c2cccc(NS(=O)(=O)c3ccc(C)cc3)c2)NC(=O)N1C. The van der Waals surface area contributed by atoms with Gasteiger partial charge in [-0.3, -0.25) is 4.72 Å². The smallest absolute Gasteiger partial charge is 0.338 e. The van der Waals surface area contributed by atoms with Crippen LogP contribution >= 0.6 is 0 Å². The summed E-state index contributed by atoms with van der Waals surface area (Å²) in [6.45, 7) is 7.04. The molecule has 1 unspecified atom stereocenters. The second-order valence-corrected chi connectivity index (χ2v) is 9.62. The first-order chi connectivity index (χ1) is 15.0. The third kappa shape index (κ3) is 4.94. The molecule has 0 saturated heterocycles. The Balaban J connectivity index is 1.97. The molecule has 2 N–H and O–H groups in total. The fourth-order valence-electron chi connectivity index (χ4n) is 3.34. The topological polar surface area (TPSA) is 105 Å². The number of rotatable bonds is 6. The van der Waals surface area contributed by atoms with Gasteiger partial charge in [-0.2, -0.15) is 0 Å². The Labute approximate surface area is 188 Å². The normalized spacial score (nSPS) is 16.8. The molecule has 1 aliphatic rings. The predicted molar refractivity (Wildman–Crippen MR) is 121 cm³/mol. The van der Waals surface area contributed by atoms with E-state index >= 15 is 0 Å². The number of esters is 1. The number of hydrogen-bond acceptors (Lipinski definition) is 5. The molecule has 1 heterocycles. The summed E-state index contributed by atoms with van der Waals surface area (Å²) >= 11 is 0. The monoisotopic (exact) mass is 457 g/mol. The van der Waals surface area contributed by atoms with Crippen molar-refractivity contribution in [2.75, 3.05) is 11.8 Å². The van der Waals surface area contributed by atoms with Crippen LogP contribution in [-0.4, -0.2) is 38.5 Å². The summed E-state index contributed by atoms with van der Waals surface area (Å²) in [7, 11) is -2.24. The van der Waals surface area contributed by atoms with Crippen molar-refractivity contribution in [1.29, 1.82) is 0 Å². The van der Waals surface area contributed by atoms with Crippen LogP contribution in [0.25, 0.3) is 0 Å². The first-order valence-corrected chi connectivity index (χ1v) is 11.6. The Kier molecular flexibility index (Phi) is 6.59. The molecular formula is C23H27N3O5S. The van der Waals surface area contributed by atoms with Gasteiger partial charge < -0.3 is 15.0 Å². The number of benzene rings is 2. The summed E-state index contributed by atoms with van der Waals surface area (Å²) in [5, 5.41) is 2.80. The molecule has 0 saturated carbocycles. The van der Waals surface area contributed by atoms with E-state index in [2.05, 4.69) is 10.0 Å². The lowest BCUT2D eigenvalue weighted by atomic mass is 9.94. The summed E-state index contributed by atoms with van der Waals surface area (Å²) < 4.78 is 33.5. The van der Waals surface area contributed by atoms with Crippen LogP contribution in [-0.2, 0) is 19.6 Å². The van der Waals surface area contributed by atoms with Gasteiger partial charge in [-0.05, 0) is 57.5 Å². The number of aryl methyl sites for hydroxylation is 1. The summed E-state index contributed by atoms with van der Waals surface area (Å²) in [6.07, 6.45) is -0.334. The lowest BCUT2D eigenvalue weighted by molar-refractivity contribution is -0.143. The highest BCUT2D eigenvalue weighted by Gasteiger charge is 2.35. The number of allylic oxidation sites excluding steroid dienone is 1. The van der Waals surface area contributed by atoms with Gasteiger partial charge in [-0.1, -0.05) is 29.8 Å². The minimum Gasteiger partial charge on any atom is -0.459 e. The molecule has 0 spiro atoms. The zero-order valence-electron chi connectivity index (χ0n) is 18.7. The molecule has 0 radical (unpaired) electrons. The van der Waals surface area contributed by atoms with Crippen molar-refractivity contribution in [1.82, 2.24) is 10.2 Å². The zero-order chi connectivity index (χ0) is 23.6. The van der Waals surface area contributed by atoms with Crippen LogP contribution in [0.2, 0.25) is 0 Å². The Bertz CT molecular complexity index is 1170. The minimum absolute atomic E-state index is 0.137. The van der Waals surface area contributed by atoms with E-state index in [1.54, 1.807) is 64.2 Å². The van der Waals surface area contributed by atoms with Crippen molar-refractivity contribution in [2.45, 2.75) is 44.7 Å². The number of hydrogen-bond donors (Lipinski definition) is 2. The van der Waals surface area contributed by atoms with Gasteiger partial charge in [0.05, 0.1) is 22.6 Å². The first-order valence-electron chi connectivity index (χ1n) is 10.1. The number of nitrogens with zero attached hydrogens (tertiary/aromatic N) is 1. The molecule has 32 heavy (non-hydrogen) atoms. The first kappa shape index (κ1) is 23.3. The molecule has 1 aliphatic heterocycles. The van der Waals surface area contributed by atoms with E-state index in [0.717, 1.165) is 5.56 Å². The minimum atomic E-state index is -3.80. The zero-order valence-corrected chi connectivity index (χ0v) is 19.5. The molecule has 8 nitrogen and oxygen atoms in total. The van der Waals surface area contributed by atoms with Gasteiger partial charge in [0.2, 0.25) is 0 Å². The number of anilines is 1. The summed E-state index contributed by atoms with van der Waals surface area (Å²) in [6, 6.07) is 11.9. The summed E-state index contributed by atoms with van der Waals surface area (Å²) in [5.41, 5.74) is 2.57. The Hall–Kier alpha value is -3.33. The van der Waals surface area contributed by atoms with E-state index in [-0.39, 0.29) is 17.0 Å². The van der Waals surface area contributed by atoms with E-state index in [1.165, 1.54) is 17.0 Å². The Morgan fingerprint density at radius 1 is 1.12 bits per heavy atom. The Morgan fingerprint density at radius 3 is 2.41 bits per heavy atom. The molecule has 0 aromatic heterocycles. The van der Waals surface area contributed by atoms with Crippen molar-refractivity contribution >= 4 is 27.7 Å². The number of sulfonamides is 1. The van der Waals surface area contributed by atoms with Gasteiger partial charge in [0.1, 0.15) is 0 Å². The largest absolute Gasteiger partial charge is 0.459 e. The van der Waals surface area contributed by atoms with Crippen LogP contribution in [0, 0.1) is 6.92 Å². The van der Waals surface area contributed by atoms with Crippen molar-refractivity contribution in [2.24, 2.45) is 0 Å². The maximum absolute atomic E-state index is 12.8. The van der Waals surface area contributed by atoms with E-state index in [9.17, 15) is 18.0 Å². The predicted octanol–water partition coefficient (Wildman–Crippen LogP) is 3.72. The van der Waals surface area contributed by atoms with E-state index < -0.39 is 22.0 Å². The number of amides is 2. The summed E-state index contributed by atoms with van der Waals surface area (Å²) in [4.78, 5) is 26.7. The number of carbonyl (C=O) groups is 2. The lowest BCUT2D eigenvalue weighted by Gasteiger charge is -2.33. The van der Waals surface area contributed by atoms with E-state index in [4.69, 9.17) is 4.74 Å². The van der Waals surface area contributed by atoms with Gasteiger partial charge in [-0.25, -0.2) is 18.0 Å². The van der Waals surface area contributed by atoms with Crippen molar-refractivity contribution < 1.29 is 22.7 Å². The van der Waals surface area contributed by atoms with Crippen LogP contribution in [0.3, 0.4) is 0 Å².